The molecule has 37 heavy (non-hydrogen) atoms. The summed E-state index contributed by atoms with van der Waals surface area (Å²) in [5.41, 5.74) is 1.11. The summed E-state index contributed by atoms with van der Waals surface area (Å²) in [4.78, 5) is 65.2. The molecule has 0 spiro atoms. The number of fused-ring (bicyclic) bond motifs is 5. The second-order valence-electron chi connectivity index (χ2n) is 10.4. The van der Waals surface area contributed by atoms with Gasteiger partial charge in [0, 0.05) is 30.7 Å². The van der Waals surface area contributed by atoms with Gasteiger partial charge in [0.15, 0.2) is 0 Å². The molecule has 4 fully saturated rings. The van der Waals surface area contributed by atoms with Crippen molar-refractivity contribution in [2.24, 2.45) is 29.6 Å². The summed E-state index contributed by atoms with van der Waals surface area (Å²) in [5, 5.41) is 11.3. The molecule has 190 valence electrons. The van der Waals surface area contributed by atoms with Gasteiger partial charge in [0.1, 0.15) is 5.75 Å². The molecule has 2 aliphatic carbocycles. The van der Waals surface area contributed by atoms with Crippen LogP contribution in [0.25, 0.3) is 0 Å². The maximum atomic E-state index is 13.1. The van der Waals surface area contributed by atoms with E-state index in [1.165, 1.54) is 21.9 Å². The lowest BCUT2D eigenvalue weighted by Crippen LogP contribution is -2.32. The molecule has 0 unspecified atom stereocenters. The van der Waals surface area contributed by atoms with Gasteiger partial charge in [-0.05, 0) is 56.2 Å². The molecule has 0 N–H and O–H groups in total. The number of hydrogen-bond acceptors (Lipinski definition) is 7. The van der Waals surface area contributed by atoms with E-state index in [0.29, 0.717) is 16.9 Å². The van der Waals surface area contributed by atoms with Crippen molar-refractivity contribution in [3.05, 3.63) is 58.1 Å². The Balaban J connectivity index is 1.16. The van der Waals surface area contributed by atoms with Gasteiger partial charge in [0.05, 0.1) is 34.1 Å². The fourth-order valence-corrected chi connectivity index (χ4v) is 6.63. The molecule has 2 saturated heterocycles. The van der Waals surface area contributed by atoms with Crippen molar-refractivity contribution < 1.29 is 28.8 Å². The predicted octanol–water partition coefficient (Wildman–Crippen LogP) is 3.40. The van der Waals surface area contributed by atoms with Gasteiger partial charge >= 0.3 is 5.97 Å². The zero-order valence-electron chi connectivity index (χ0n) is 20.2. The van der Waals surface area contributed by atoms with Crippen molar-refractivity contribution in [2.75, 3.05) is 16.3 Å². The third-order valence-electron chi connectivity index (χ3n) is 8.38. The number of nitro benzene ring substituents is 1. The molecule has 10 heteroatoms. The van der Waals surface area contributed by atoms with Crippen LogP contribution in [0.2, 0.25) is 0 Å². The number of imide groups is 1. The van der Waals surface area contributed by atoms with E-state index in [0.717, 1.165) is 19.3 Å². The molecule has 2 aliphatic heterocycles. The highest BCUT2D eigenvalue weighted by atomic mass is 16.6. The maximum Gasteiger partial charge on any atom is 0.316 e. The van der Waals surface area contributed by atoms with Crippen molar-refractivity contribution in [1.29, 1.82) is 0 Å². The van der Waals surface area contributed by atoms with Crippen LogP contribution in [0.4, 0.5) is 17.1 Å². The normalized spacial score (nSPS) is 28.2. The molecule has 5 atom stereocenters. The molecule has 2 bridgehead atoms. The molecular formula is C27H25N3O7. The number of carbonyl (C=O) groups excluding carboxylic acids is 4. The summed E-state index contributed by atoms with van der Waals surface area (Å²) < 4.78 is 5.56. The molecule has 2 heterocycles. The van der Waals surface area contributed by atoms with E-state index in [-0.39, 0.29) is 65.8 Å². The van der Waals surface area contributed by atoms with Gasteiger partial charge in [0.25, 0.3) is 5.69 Å². The number of ether oxygens (including phenoxy) is 1. The van der Waals surface area contributed by atoms with Crippen LogP contribution in [0, 0.1) is 46.6 Å². The highest BCUT2D eigenvalue weighted by Gasteiger charge is 2.61. The number of benzene rings is 2. The summed E-state index contributed by atoms with van der Waals surface area (Å²) in [6, 6.07) is 10.9. The van der Waals surface area contributed by atoms with Crippen LogP contribution < -0.4 is 14.5 Å². The smallest absolute Gasteiger partial charge is 0.316 e. The van der Waals surface area contributed by atoms with E-state index in [1.54, 1.807) is 37.3 Å². The van der Waals surface area contributed by atoms with Crippen molar-refractivity contribution in [1.82, 2.24) is 0 Å². The Hall–Kier alpha value is -4.08. The van der Waals surface area contributed by atoms with Gasteiger partial charge in [-0.2, -0.15) is 0 Å². The third-order valence-corrected chi connectivity index (χ3v) is 8.38. The van der Waals surface area contributed by atoms with Crippen LogP contribution in [0.5, 0.6) is 5.75 Å². The van der Waals surface area contributed by atoms with E-state index in [4.69, 9.17) is 4.74 Å². The maximum absolute atomic E-state index is 13.1. The molecule has 10 nitrogen and oxygen atoms in total. The summed E-state index contributed by atoms with van der Waals surface area (Å²) >= 11 is 0. The summed E-state index contributed by atoms with van der Waals surface area (Å²) in [6.45, 7) is 1.65. The number of aryl methyl sites for hydroxylation is 1. The standard InChI is InChI=1S/C27H25N3O7/c1-14-5-8-18(12-21(14)30(35)36)28-13-17(10-22(28)31)27(34)37-20-4-2-3-19(11-20)29-25(32)23-15-6-7-16(9-15)24(23)26(29)33/h2-5,8,11-12,15-17,23-24H,6-7,9-10,13H2,1H3/t15-,16-,17+,23-,24+/m0/s1. The van der Waals surface area contributed by atoms with Crippen LogP contribution in [0.1, 0.15) is 31.2 Å². The topological polar surface area (TPSA) is 127 Å². The Kier molecular flexibility index (Phi) is 5.36. The van der Waals surface area contributed by atoms with Crippen LogP contribution in [0.3, 0.4) is 0 Å². The lowest BCUT2D eigenvalue weighted by atomic mass is 9.81. The van der Waals surface area contributed by atoms with Crippen molar-refractivity contribution in [2.45, 2.75) is 32.6 Å². The number of carbonyl (C=O) groups is 4. The number of anilines is 2. The number of esters is 1. The lowest BCUT2D eigenvalue weighted by molar-refractivity contribution is -0.385. The second kappa shape index (κ2) is 8.50. The average Bonchev–Trinajstić information content (AvgIpc) is 3.63. The zero-order valence-corrected chi connectivity index (χ0v) is 20.2. The number of nitro groups is 1. The number of hydrogen-bond donors (Lipinski definition) is 0. The lowest BCUT2D eigenvalue weighted by Gasteiger charge is -2.19. The molecule has 3 amide bonds. The van der Waals surface area contributed by atoms with E-state index < -0.39 is 16.8 Å². The molecule has 2 aromatic rings. The first-order valence-electron chi connectivity index (χ1n) is 12.5. The van der Waals surface area contributed by atoms with Crippen LogP contribution in [-0.2, 0) is 19.2 Å². The van der Waals surface area contributed by atoms with E-state index in [1.807, 2.05) is 0 Å². The minimum absolute atomic E-state index is 0.0345. The molecule has 2 saturated carbocycles. The number of nitrogens with zero attached hydrogens (tertiary/aromatic N) is 3. The Labute approximate surface area is 212 Å². The third kappa shape index (κ3) is 3.70. The molecule has 4 aliphatic rings. The van der Waals surface area contributed by atoms with E-state index in [9.17, 15) is 29.3 Å². The summed E-state index contributed by atoms with van der Waals surface area (Å²) in [7, 11) is 0. The SMILES string of the molecule is Cc1ccc(N2C[C@H](C(=O)Oc3cccc(N4C(=O)[C@@H]5[C@H]6CC[C@@H](C6)[C@@H]5C4=O)c3)CC2=O)cc1[N+](=O)[O-]. The first kappa shape index (κ1) is 23.3. The Bertz CT molecular complexity index is 1340. The molecular weight excluding hydrogens is 478 g/mol. The summed E-state index contributed by atoms with van der Waals surface area (Å²) in [6.07, 6.45) is 2.84. The van der Waals surface area contributed by atoms with Gasteiger partial charge in [-0.3, -0.25) is 29.3 Å². The van der Waals surface area contributed by atoms with Crippen molar-refractivity contribution in [3.8, 4) is 5.75 Å². The van der Waals surface area contributed by atoms with E-state index >= 15 is 0 Å². The largest absolute Gasteiger partial charge is 0.426 e. The van der Waals surface area contributed by atoms with Gasteiger partial charge < -0.3 is 9.64 Å². The van der Waals surface area contributed by atoms with Gasteiger partial charge in [-0.25, -0.2) is 4.90 Å². The fourth-order valence-electron chi connectivity index (χ4n) is 6.63. The number of amides is 3. The molecule has 2 aromatic carbocycles. The quantitative estimate of drug-likeness (QED) is 0.201. The van der Waals surface area contributed by atoms with Gasteiger partial charge in [-0.15, -0.1) is 0 Å². The average molecular weight is 504 g/mol. The minimum Gasteiger partial charge on any atom is -0.426 e. The Morgan fingerprint density at radius 3 is 2.38 bits per heavy atom. The second-order valence-corrected chi connectivity index (χ2v) is 10.4. The molecule has 6 rings (SSSR count). The molecule has 0 radical (unpaired) electrons. The predicted molar refractivity (Wildman–Crippen MR) is 131 cm³/mol. The van der Waals surface area contributed by atoms with Gasteiger partial charge in [-0.1, -0.05) is 12.1 Å². The molecule has 0 aromatic heterocycles. The van der Waals surface area contributed by atoms with Crippen molar-refractivity contribution in [3.63, 3.8) is 0 Å². The highest BCUT2D eigenvalue weighted by Crippen LogP contribution is 2.56. The fraction of sp³-hybridized carbons (Fsp3) is 0.407. The van der Waals surface area contributed by atoms with Crippen LogP contribution >= 0.6 is 0 Å². The van der Waals surface area contributed by atoms with Crippen LogP contribution in [0.15, 0.2) is 42.5 Å². The Morgan fingerprint density at radius 1 is 1.00 bits per heavy atom. The minimum atomic E-state index is -0.762. The Morgan fingerprint density at radius 2 is 1.70 bits per heavy atom. The summed E-state index contributed by atoms with van der Waals surface area (Å²) in [5.74, 6) is -1.82. The zero-order chi connectivity index (χ0) is 26.0. The van der Waals surface area contributed by atoms with Gasteiger partial charge in [0.2, 0.25) is 17.7 Å². The van der Waals surface area contributed by atoms with E-state index in [2.05, 4.69) is 0 Å². The highest BCUT2D eigenvalue weighted by molar-refractivity contribution is 6.22. The van der Waals surface area contributed by atoms with Crippen LogP contribution in [-0.4, -0.2) is 35.2 Å². The monoisotopic (exact) mass is 503 g/mol. The first-order valence-corrected chi connectivity index (χ1v) is 12.5. The number of rotatable bonds is 5. The van der Waals surface area contributed by atoms with Crippen molar-refractivity contribution >= 4 is 40.8 Å². The first-order chi connectivity index (χ1) is 17.7.